The van der Waals surface area contributed by atoms with Crippen LogP contribution in [-0.4, -0.2) is 30.2 Å². The minimum atomic E-state index is -0.0321. The Morgan fingerprint density at radius 1 is 1.05 bits per heavy atom. The summed E-state index contributed by atoms with van der Waals surface area (Å²) in [7, 11) is 0. The van der Waals surface area contributed by atoms with Gasteiger partial charge in [-0.05, 0) is 37.1 Å². The number of rotatable bonds is 10. The molecule has 22 heavy (non-hydrogen) atoms. The highest BCUT2D eigenvalue weighted by molar-refractivity contribution is 5.81. The Labute approximate surface area is 134 Å². The molecule has 0 aromatic heterocycles. The van der Waals surface area contributed by atoms with Crippen LogP contribution < -0.4 is 11.5 Å². The predicted octanol–water partition coefficient (Wildman–Crippen LogP) is 2.70. The van der Waals surface area contributed by atoms with Gasteiger partial charge in [-0.1, -0.05) is 51.0 Å². The molecule has 0 atom stereocenters. The van der Waals surface area contributed by atoms with Gasteiger partial charge in [0.05, 0.1) is 6.21 Å². The molecule has 0 aliphatic rings. The SMILES string of the molecule is CCCCN(CCCC)Cc1ccc(C=NN=C(N)N)cc1. The molecule has 0 saturated carbocycles. The molecular weight excluding hydrogens is 274 g/mol. The van der Waals surface area contributed by atoms with Crippen LogP contribution in [0.4, 0.5) is 0 Å². The molecular formula is C17H29N5. The molecule has 0 radical (unpaired) electrons. The van der Waals surface area contributed by atoms with Crippen LogP contribution in [0, 0.1) is 0 Å². The Bertz CT molecular complexity index is 452. The molecule has 0 aliphatic carbocycles. The van der Waals surface area contributed by atoms with Crippen molar-refractivity contribution in [1.29, 1.82) is 0 Å². The second-order valence-corrected chi connectivity index (χ2v) is 5.49. The van der Waals surface area contributed by atoms with Crippen molar-refractivity contribution in [2.45, 2.75) is 46.1 Å². The van der Waals surface area contributed by atoms with Gasteiger partial charge < -0.3 is 11.5 Å². The van der Waals surface area contributed by atoms with E-state index in [0.29, 0.717) is 0 Å². The van der Waals surface area contributed by atoms with E-state index in [-0.39, 0.29) is 5.96 Å². The Hall–Kier alpha value is -1.88. The molecule has 0 bridgehead atoms. The lowest BCUT2D eigenvalue weighted by molar-refractivity contribution is 0.257. The fourth-order valence-electron chi connectivity index (χ4n) is 2.16. The van der Waals surface area contributed by atoms with Crippen molar-refractivity contribution >= 4 is 12.2 Å². The zero-order valence-corrected chi connectivity index (χ0v) is 13.8. The van der Waals surface area contributed by atoms with E-state index in [1.807, 2.05) is 12.1 Å². The summed E-state index contributed by atoms with van der Waals surface area (Å²) in [6, 6.07) is 8.36. The summed E-state index contributed by atoms with van der Waals surface area (Å²) in [6.07, 6.45) is 6.64. The first-order valence-electron chi connectivity index (χ1n) is 8.09. The Morgan fingerprint density at radius 3 is 2.14 bits per heavy atom. The van der Waals surface area contributed by atoms with E-state index in [9.17, 15) is 0 Å². The summed E-state index contributed by atoms with van der Waals surface area (Å²) >= 11 is 0. The van der Waals surface area contributed by atoms with Gasteiger partial charge in [0.15, 0.2) is 0 Å². The molecule has 0 heterocycles. The Kier molecular flexibility index (Phi) is 8.91. The maximum absolute atomic E-state index is 5.22. The fourth-order valence-corrected chi connectivity index (χ4v) is 2.16. The lowest BCUT2D eigenvalue weighted by atomic mass is 10.1. The summed E-state index contributed by atoms with van der Waals surface area (Å²) in [4.78, 5) is 2.54. The minimum absolute atomic E-state index is 0.0321. The van der Waals surface area contributed by atoms with E-state index in [0.717, 1.165) is 12.1 Å². The quantitative estimate of drug-likeness (QED) is 0.396. The summed E-state index contributed by atoms with van der Waals surface area (Å²) in [5, 5.41) is 7.41. The monoisotopic (exact) mass is 303 g/mol. The third-order valence-electron chi connectivity index (χ3n) is 3.42. The number of nitrogens with two attached hydrogens (primary N) is 2. The second-order valence-electron chi connectivity index (χ2n) is 5.49. The van der Waals surface area contributed by atoms with Crippen LogP contribution in [0.3, 0.4) is 0 Å². The van der Waals surface area contributed by atoms with Crippen LogP contribution in [0.1, 0.15) is 50.7 Å². The van der Waals surface area contributed by atoms with Crippen molar-refractivity contribution in [2.75, 3.05) is 13.1 Å². The van der Waals surface area contributed by atoms with E-state index in [2.05, 4.69) is 41.1 Å². The topological polar surface area (TPSA) is 80.0 Å². The molecule has 0 saturated heterocycles. The molecule has 5 nitrogen and oxygen atoms in total. The second kappa shape index (κ2) is 10.8. The molecule has 122 valence electrons. The first kappa shape index (κ1) is 18.2. The molecule has 0 fully saturated rings. The van der Waals surface area contributed by atoms with Crippen molar-refractivity contribution in [2.24, 2.45) is 21.7 Å². The van der Waals surface area contributed by atoms with Crippen LogP contribution >= 0.6 is 0 Å². The highest BCUT2D eigenvalue weighted by Gasteiger charge is 2.05. The van der Waals surface area contributed by atoms with Gasteiger partial charge in [0.1, 0.15) is 0 Å². The van der Waals surface area contributed by atoms with Crippen molar-refractivity contribution in [1.82, 2.24) is 4.90 Å². The molecule has 4 N–H and O–H groups in total. The van der Waals surface area contributed by atoms with E-state index < -0.39 is 0 Å². The third kappa shape index (κ3) is 7.78. The van der Waals surface area contributed by atoms with Gasteiger partial charge in [-0.15, -0.1) is 5.10 Å². The third-order valence-corrected chi connectivity index (χ3v) is 3.42. The number of hydrogen-bond acceptors (Lipinski definition) is 3. The maximum atomic E-state index is 5.22. The molecule has 5 heteroatoms. The Morgan fingerprint density at radius 2 is 1.64 bits per heavy atom. The molecule has 1 aromatic rings. The maximum Gasteiger partial charge on any atom is 0.211 e. The standard InChI is InChI=1S/C17H29N5/c1-3-5-11-22(12-6-4-2)14-16-9-7-15(8-10-16)13-20-21-17(18)19/h7-10,13H,3-6,11-12,14H2,1-2H3,(H4,18,19,21). The lowest BCUT2D eigenvalue weighted by Crippen LogP contribution is -2.25. The van der Waals surface area contributed by atoms with Crippen LogP contribution in [0.5, 0.6) is 0 Å². The molecule has 0 spiro atoms. The van der Waals surface area contributed by atoms with E-state index >= 15 is 0 Å². The molecule has 0 aliphatic heterocycles. The van der Waals surface area contributed by atoms with Crippen LogP contribution in [0.15, 0.2) is 34.5 Å². The van der Waals surface area contributed by atoms with E-state index in [1.54, 1.807) is 6.21 Å². The average molecular weight is 303 g/mol. The van der Waals surface area contributed by atoms with Crippen LogP contribution in [0.2, 0.25) is 0 Å². The van der Waals surface area contributed by atoms with Gasteiger partial charge in [0.25, 0.3) is 0 Å². The molecule has 0 amide bonds. The van der Waals surface area contributed by atoms with Gasteiger partial charge >= 0.3 is 0 Å². The zero-order valence-electron chi connectivity index (χ0n) is 13.8. The first-order valence-corrected chi connectivity index (χ1v) is 8.09. The van der Waals surface area contributed by atoms with Crippen molar-refractivity contribution in [3.05, 3.63) is 35.4 Å². The average Bonchev–Trinajstić information content (AvgIpc) is 2.51. The van der Waals surface area contributed by atoms with Crippen LogP contribution in [-0.2, 0) is 6.54 Å². The zero-order chi connectivity index (χ0) is 16.2. The Balaban J connectivity index is 2.59. The number of hydrogen-bond donors (Lipinski definition) is 2. The van der Waals surface area contributed by atoms with Crippen molar-refractivity contribution < 1.29 is 0 Å². The summed E-state index contributed by atoms with van der Waals surface area (Å²) in [6.45, 7) is 7.82. The minimum Gasteiger partial charge on any atom is -0.369 e. The van der Waals surface area contributed by atoms with Crippen LogP contribution in [0.25, 0.3) is 0 Å². The van der Waals surface area contributed by atoms with Gasteiger partial charge in [-0.2, -0.15) is 5.10 Å². The van der Waals surface area contributed by atoms with E-state index in [4.69, 9.17) is 11.5 Å². The van der Waals surface area contributed by atoms with Crippen molar-refractivity contribution in [3.63, 3.8) is 0 Å². The van der Waals surface area contributed by atoms with Crippen molar-refractivity contribution in [3.8, 4) is 0 Å². The van der Waals surface area contributed by atoms with Gasteiger partial charge in [0, 0.05) is 6.54 Å². The predicted molar refractivity (Wildman–Crippen MR) is 94.9 cm³/mol. The first-order chi connectivity index (χ1) is 10.7. The van der Waals surface area contributed by atoms with Gasteiger partial charge in [-0.3, -0.25) is 4.90 Å². The molecule has 0 unspecified atom stereocenters. The molecule has 1 aromatic carbocycles. The highest BCUT2D eigenvalue weighted by Crippen LogP contribution is 2.09. The highest BCUT2D eigenvalue weighted by atomic mass is 15.3. The van der Waals surface area contributed by atoms with E-state index in [1.165, 1.54) is 44.3 Å². The summed E-state index contributed by atoms with van der Waals surface area (Å²) in [5.74, 6) is -0.0321. The lowest BCUT2D eigenvalue weighted by Gasteiger charge is -2.22. The molecule has 1 rings (SSSR count). The summed E-state index contributed by atoms with van der Waals surface area (Å²) in [5.41, 5.74) is 12.8. The number of benzene rings is 1. The normalized spacial score (nSPS) is 11.2. The number of nitrogens with zero attached hydrogens (tertiary/aromatic N) is 3. The summed E-state index contributed by atoms with van der Waals surface area (Å²) < 4.78 is 0. The fraction of sp³-hybridized carbons (Fsp3) is 0.529. The number of unbranched alkanes of at least 4 members (excludes halogenated alkanes) is 2. The smallest absolute Gasteiger partial charge is 0.211 e. The van der Waals surface area contributed by atoms with Gasteiger partial charge in [-0.25, -0.2) is 0 Å². The largest absolute Gasteiger partial charge is 0.369 e. The van der Waals surface area contributed by atoms with Gasteiger partial charge in [0.2, 0.25) is 5.96 Å². The number of guanidine groups is 1.